The predicted molar refractivity (Wildman–Crippen MR) is 106 cm³/mol. The minimum Gasteiger partial charge on any atom is -0.308 e. The second-order valence-electron chi connectivity index (χ2n) is 8.12. The summed E-state index contributed by atoms with van der Waals surface area (Å²) in [5, 5.41) is 1.65. The van der Waals surface area contributed by atoms with E-state index in [9.17, 15) is 4.57 Å². The van der Waals surface area contributed by atoms with E-state index >= 15 is 0 Å². The molecule has 3 heteroatoms. The standard InChI is InChI=1S/C21H28NOP/c1-20(2,3)16-21(4,5)22-17-24(23,18-12-8-6-9-13-18)19-14-10-7-11-15-19/h6-15,17H,16H2,1-5H3. The molecule has 0 atom stereocenters. The highest BCUT2D eigenvalue weighted by atomic mass is 31.2. The molecule has 0 aromatic heterocycles. The fraction of sp³-hybridized carbons (Fsp3) is 0.381. The van der Waals surface area contributed by atoms with Gasteiger partial charge in [-0.25, -0.2) is 0 Å². The number of hydrogen-bond acceptors (Lipinski definition) is 2. The van der Waals surface area contributed by atoms with E-state index in [0.717, 1.165) is 17.0 Å². The maximum Gasteiger partial charge on any atom is 0.181 e. The lowest BCUT2D eigenvalue weighted by atomic mass is 9.82. The molecule has 0 saturated carbocycles. The van der Waals surface area contributed by atoms with Crippen molar-refractivity contribution in [2.24, 2.45) is 10.4 Å². The van der Waals surface area contributed by atoms with Crippen molar-refractivity contribution in [2.75, 3.05) is 0 Å². The Hall–Kier alpha value is -1.66. The van der Waals surface area contributed by atoms with Crippen molar-refractivity contribution >= 4 is 23.7 Å². The third kappa shape index (κ3) is 4.92. The van der Waals surface area contributed by atoms with Crippen LogP contribution in [0.4, 0.5) is 0 Å². The Bertz CT molecular complexity index is 684. The van der Waals surface area contributed by atoms with Crippen molar-refractivity contribution in [1.29, 1.82) is 0 Å². The summed E-state index contributed by atoms with van der Waals surface area (Å²) in [4.78, 5) is 4.78. The molecule has 0 saturated heterocycles. The van der Waals surface area contributed by atoms with Crippen molar-refractivity contribution in [3.8, 4) is 0 Å². The first kappa shape index (κ1) is 18.7. The van der Waals surface area contributed by atoms with E-state index in [1.165, 1.54) is 0 Å². The summed E-state index contributed by atoms with van der Waals surface area (Å²) in [6, 6.07) is 19.3. The van der Waals surface area contributed by atoms with Crippen molar-refractivity contribution in [3.05, 3.63) is 60.7 Å². The minimum absolute atomic E-state index is 0.171. The molecule has 0 unspecified atom stereocenters. The molecular weight excluding hydrogens is 313 g/mol. The van der Waals surface area contributed by atoms with Gasteiger partial charge in [0.05, 0.1) is 11.5 Å². The monoisotopic (exact) mass is 341 g/mol. The molecule has 2 aromatic rings. The maximum atomic E-state index is 13.9. The van der Waals surface area contributed by atoms with Gasteiger partial charge in [0.2, 0.25) is 0 Å². The molecule has 0 bridgehead atoms. The molecule has 0 aliphatic carbocycles. The van der Waals surface area contributed by atoms with Crippen LogP contribution in [0.25, 0.3) is 0 Å². The second-order valence-corrected chi connectivity index (χ2v) is 10.7. The Morgan fingerprint density at radius 3 is 1.62 bits per heavy atom. The van der Waals surface area contributed by atoms with Gasteiger partial charge in [0.25, 0.3) is 0 Å². The van der Waals surface area contributed by atoms with E-state index in [-0.39, 0.29) is 11.0 Å². The summed E-state index contributed by atoms with van der Waals surface area (Å²) >= 11 is 0. The lowest BCUT2D eigenvalue weighted by molar-refractivity contribution is 0.289. The molecule has 0 aliphatic rings. The van der Waals surface area contributed by atoms with E-state index < -0.39 is 7.14 Å². The first-order chi connectivity index (χ1) is 11.1. The summed E-state index contributed by atoms with van der Waals surface area (Å²) in [7, 11) is -2.88. The largest absolute Gasteiger partial charge is 0.308 e. The van der Waals surface area contributed by atoms with Gasteiger partial charge in [-0.05, 0) is 25.7 Å². The Balaban J connectivity index is 2.46. The summed E-state index contributed by atoms with van der Waals surface area (Å²) in [6.07, 6.45) is 0.931. The molecule has 0 radical (unpaired) electrons. The molecule has 0 N–H and O–H groups in total. The molecule has 0 fully saturated rings. The van der Waals surface area contributed by atoms with Crippen LogP contribution in [0.2, 0.25) is 0 Å². The Morgan fingerprint density at radius 1 is 0.833 bits per heavy atom. The first-order valence-electron chi connectivity index (χ1n) is 8.40. The van der Waals surface area contributed by atoms with Gasteiger partial charge in [0.1, 0.15) is 0 Å². The SMILES string of the molecule is CC(C)(C)CC(C)(C)N=CP(=O)(c1ccccc1)c1ccccc1. The van der Waals surface area contributed by atoms with Crippen LogP contribution in [0, 0.1) is 5.41 Å². The van der Waals surface area contributed by atoms with Crippen LogP contribution >= 0.6 is 7.14 Å². The van der Waals surface area contributed by atoms with Gasteiger partial charge in [-0.15, -0.1) is 0 Å². The highest BCUT2D eigenvalue weighted by molar-refractivity contribution is 7.91. The molecule has 2 rings (SSSR count). The molecule has 2 nitrogen and oxygen atoms in total. The van der Waals surface area contributed by atoms with Crippen molar-refractivity contribution < 1.29 is 4.57 Å². The summed E-state index contributed by atoms with van der Waals surface area (Å²) in [6.45, 7) is 10.8. The van der Waals surface area contributed by atoms with Gasteiger partial charge < -0.3 is 4.57 Å². The molecule has 0 aliphatic heterocycles. The van der Waals surface area contributed by atoms with Crippen LogP contribution in [0.15, 0.2) is 65.7 Å². The molecule has 24 heavy (non-hydrogen) atoms. The van der Waals surface area contributed by atoms with Gasteiger partial charge in [-0.2, -0.15) is 0 Å². The van der Waals surface area contributed by atoms with Crippen LogP contribution in [0.5, 0.6) is 0 Å². The van der Waals surface area contributed by atoms with Crippen LogP contribution in [0.3, 0.4) is 0 Å². The molecule has 0 heterocycles. The number of nitrogens with zero attached hydrogens (tertiary/aromatic N) is 1. The van der Waals surface area contributed by atoms with Crippen molar-refractivity contribution in [3.63, 3.8) is 0 Å². The van der Waals surface area contributed by atoms with Crippen molar-refractivity contribution in [2.45, 2.75) is 46.6 Å². The molecule has 2 aromatic carbocycles. The quantitative estimate of drug-likeness (QED) is 0.540. The normalized spacial score (nSPS) is 13.4. The van der Waals surface area contributed by atoms with Gasteiger partial charge in [-0.3, -0.25) is 4.99 Å². The van der Waals surface area contributed by atoms with E-state index in [1.807, 2.05) is 60.7 Å². The van der Waals surface area contributed by atoms with Crippen molar-refractivity contribution in [1.82, 2.24) is 0 Å². The molecule has 0 spiro atoms. The number of rotatable bonds is 5. The number of benzene rings is 2. The Labute approximate surface area is 146 Å². The average molecular weight is 341 g/mol. The van der Waals surface area contributed by atoms with Gasteiger partial charge in [0, 0.05) is 10.6 Å². The molecular formula is C21H28NOP. The van der Waals surface area contributed by atoms with Crippen LogP contribution in [-0.2, 0) is 4.57 Å². The Kier molecular flexibility index (Phi) is 5.50. The van der Waals surface area contributed by atoms with Crippen LogP contribution in [0.1, 0.15) is 41.0 Å². The van der Waals surface area contributed by atoms with E-state index in [2.05, 4.69) is 34.6 Å². The first-order valence-corrected chi connectivity index (χ1v) is 10.2. The molecule has 128 valence electrons. The van der Waals surface area contributed by atoms with E-state index in [4.69, 9.17) is 4.99 Å². The fourth-order valence-electron chi connectivity index (χ4n) is 3.16. The predicted octanol–water partition coefficient (Wildman–Crippen LogP) is 5.24. The average Bonchev–Trinajstić information content (AvgIpc) is 2.52. The zero-order valence-electron chi connectivity index (χ0n) is 15.4. The highest BCUT2D eigenvalue weighted by Crippen LogP contribution is 2.41. The van der Waals surface area contributed by atoms with E-state index in [1.54, 1.807) is 5.96 Å². The zero-order valence-corrected chi connectivity index (χ0v) is 16.3. The maximum absolute atomic E-state index is 13.9. The van der Waals surface area contributed by atoms with E-state index in [0.29, 0.717) is 0 Å². The van der Waals surface area contributed by atoms with Gasteiger partial charge in [0.15, 0.2) is 7.14 Å². The van der Waals surface area contributed by atoms with Crippen LogP contribution < -0.4 is 10.6 Å². The Morgan fingerprint density at radius 2 is 1.25 bits per heavy atom. The second kappa shape index (κ2) is 7.07. The lowest BCUT2D eigenvalue weighted by Crippen LogP contribution is -2.26. The fourth-order valence-corrected chi connectivity index (χ4v) is 5.43. The summed E-state index contributed by atoms with van der Waals surface area (Å²) in [5.41, 5.74) is -0.0816. The smallest absolute Gasteiger partial charge is 0.181 e. The molecule has 0 amide bonds. The number of hydrogen-bond donors (Lipinski definition) is 0. The third-order valence-corrected chi connectivity index (χ3v) is 6.38. The van der Waals surface area contributed by atoms with Gasteiger partial charge >= 0.3 is 0 Å². The minimum atomic E-state index is -2.88. The third-order valence-electron chi connectivity index (χ3n) is 3.81. The topological polar surface area (TPSA) is 29.4 Å². The summed E-state index contributed by atoms with van der Waals surface area (Å²) < 4.78 is 13.9. The lowest BCUT2D eigenvalue weighted by Gasteiger charge is -2.29. The van der Waals surface area contributed by atoms with Gasteiger partial charge in [-0.1, -0.05) is 81.4 Å². The van der Waals surface area contributed by atoms with Crippen LogP contribution in [-0.4, -0.2) is 11.5 Å². The number of aliphatic imine (C=N–C) groups is 1. The summed E-state index contributed by atoms with van der Waals surface area (Å²) in [5.74, 6) is 1.71. The zero-order chi connectivity index (χ0) is 17.8. The highest BCUT2D eigenvalue weighted by Gasteiger charge is 2.28.